The van der Waals surface area contributed by atoms with Crippen LogP contribution in [-0.4, -0.2) is 30.1 Å². The molecule has 1 saturated heterocycles. The molecule has 34 heavy (non-hydrogen) atoms. The first kappa shape index (κ1) is 24.4. The Kier molecular flexibility index (Phi) is 7.37. The fourth-order valence-corrected chi connectivity index (χ4v) is 5.23. The number of ether oxygens (including phenoxy) is 1. The average molecular weight is 461 g/mol. The lowest BCUT2D eigenvalue weighted by molar-refractivity contribution is 0.132. The second-order valence-electron chi connectivity index (χ2n) is 10.4. The van der Waals surface area contributed by atoms with Gasteiger partial charge in [0.15, 0.2) is 5.76 Å². The molecule has 1 aromatic heterocycles. The molecule has 0 unspecified atom stereocenters. The van der Waals surface area contributed by atoms with Crippen molar-refractivity contribution in [1.82, 2.24) is 10.2 Å². The number of fused-ring (bicyclic) bond motifs is 1. The number of piperidine rings is 1. The van der Waals surface area contributed by atoms with Crippen LogP contribution in [0.4, 0.5) is 0 Å². The van der Waals surface area contributed by atoms with Crippen molar-refractivity contribution in [2.24, 2.45) is 5.92 Å². The van der Waals surface area contributed by atoms with Crippen molar-refractivity contribution in [3.05, 3.63) is 70.7 Å². The first-order valence-corrected chi connectivity index (χ1v) is 12.7. The van der Waals surface area contributed by atoms with Gasteiger partial charge in [-0.1, -0.05) is 43.0 Å². The minimum absolute atomic E-state index is 0.0903. The summed E-state index contributed by atoms with van der Waals surface area (Å²) in [5.41, 5.74) is 5.73. The lowest BCUT2D eigenvalue weighted by atomic mass is 9.95. The molecule has 0 amide bonds. The van der Waals surface area contributed by atoms with E-state index >= 15 is 0 Å². The van der Waals surface area contributed by atoms with Gasteiger partial charge in [0, 0.05) is 36.2 Å². The molecule has 0 saturated carbocycles. The summed E-state index contributed by atoms with van der Waals surface area (Å²) in [5.74, 6) is 3.52. The summed E-state index contributed by atoms with van der Waals surface area (Å²) in [6.07, 6.45) is 11.6. The lowest BCUT2D eigenvalue weighted by Crippen LogP contribution is -2.36. The Balaban J connectivity index is 1.30. The third-order valence-electron chi connectivity index (χ3n) is 7.03. The number of hydrogen-bond donors (Lipinski definition) is 1. The number of benzene rings is 1. The Bertz CT molecular complexity index is 1080. The SMILES string of the molecule is C=C(NCC1CCN(Cc2cccc3c2OC(C)(C)C3)CC1)c1oc(/C=C\C)c(/C=C\C)c1C. The molecule has 4 rings (SSSR count). The van der Waals surface area contributed by atoms with Crippen LogP contribution in [0.5, 0.6) is 5.75 Å². The highest BCUT2D eigenvalue weighted by molar-refractivity contribution is 5.72. The average Bonchev–Trinajstić information content (AvgIpc) is 3.29. The molecule has 3 heterocycles. The molecule has 1 aromatic carbocycles. The van der Waals surface area contributed by atoms with Gasteiger partial charge in [0.05, 0.1) is 5.70 Å². The van der Waals surface area contributed by atoms with E-state index in [-0.39, 0.29) is 5.60 Å². The summed E-state index contributed by atoms with van der Waals surface area (Å²) in [7, 11) is 0. The van der Waals surface area contributed by atoms with Gasteiger partial charge in [-0.25, -0.2) is 0 Å². The predicted octanol–water partition coefficient (Wildman–Crippen LogP) is 6.84. The molecular formula is C30H40N2O2. The second-order valence-corrected chi connectivity index (χ2v) is 10.4. The van der Waals surface area contributed by atoms with Crippen molar-refractivity contribution < 1.29 is 9.15 Å². The van der Waals surface area contributed by atoms with Crippen LogP contribution in [0.25, 0.3) is 17.8 Å². The third-order valence-corrected chi connectivity index (χ3v) is 7.03. The predicted molar refractivity (Wildman–Crippen MR) is 143 cm³/mol. The molecule has 182 valence electrons. The molecule has 0 bridgehead atoms. The fourth-order valence-electron chi connectivity index (χ4n) is 5.23. The van der Waals surface area contributed by atoms with Crippen LogP contribution < -0.4 is 10.1 Å². The first-order chi connectivity index (χ1) is 16.3. The standard InChI is InChI=1S/C30H40N2O2/c1-7-10-26-21(3)28(33-27(26)11-8-2)22(4)31-19-23-14-16-32(17-15-23)20-25-13-9-12-24-18-30(5,6)34-29(24)25/h7-13,23,31H,4,14-20H2,1-3,5-6H3/b10-7-,11-8-. The van der Waals surface area contributed by atoms with E-state index in [2.05, 4.69) is 67.9 Å². The number of para-hydroxylation sites is 1. The first-order valence-electron chi connectivity index (χ1n) is 12.7. The highest BCUT2D eigenvalue weighted by Crippen LogP contribution is 2.38. The minimum atomic E-state index is -0.0903. The summed E-state index contributed by atoms with van der Waals surface area (Å²) in [6, 6.07) is 6.62. The number of nitrogens with one attached hydrogen (secondary N) is 1. The van der Waals surface area contributed by atoms with Gasteiger partial charge >= 0.3 is 0 Å². The monoisotopic (exact) mass is 460 g/mol. The minimum Gasteiger partial charge on any atom is -0.487 e. The number of likely N-dealkylation sites (tertiary alicyclic amines) is 1. The van der Waals surface area contributed by atoms with E-state index in [4.69, 9.17) is 9.15 Å². The van der Waals surface area contributed by atoms with E-state index in [0.29, 0.717) is 5.92 Å². The normalized spacial score (nSPS) is 18.5. The van der Waals surface area contributed by atoms with Crippen molar-refractivity contribution in [3.63, 3.8) is 0 Å². The van der Waals surface area contributed by atoms with E-state index in [1.54, 1.807) is 0 Å². The summed E-state index contributed by atoms with van der Waals surface area (Å²) in [5, 5.41) is 3.57. The Labute approximate surface area is 205 Å². The van der Waals surface area contributed by atoms with E-state index in [1.165, 1.54) is 24.0 Å². The van der Waals surface area contributed by atoms with Gasteiger partial charge in [-0.15, -0.1) is 0 Å². The third kappa shape index (κ3) is 5.33. The number of furan rings is 1. The van der Waals surface area contributed by atoms with Crippen molar-refractivity contribution >= 4 is 17.8 Å². The van der Waals surface area contributed by atoms with Gasteiger partial charge in [-0.3, -0.25) is 4.90 Å². The second kappa shape index (κ2) is 10.3. The summed E-state index contributed by atoms with van der Waals surface area (Å²) < 4.78 is 12.4. The van der Waals surface area contributed by atoms with Gasteiger partial charge in [-0.2, -0.15) is 0 Å². The largest absolute Gasteiger partial charge is 0.487 e. The van der Waals surface area contributed by atoms with Crippen molar-refractivity contribution in [1.29, 1.82) is 0 Å². The Morgan fingerprint density at radius 1 is 1.18 bits per heavy atom. The number of rotatable bonds is 8. The smallest absolute Gasteiger partial charge is 0.153 e. The van der Waals surface area contributed by atoms with Crippen LogP contribution in [0.1, 0.15) is 74.3 Å². The zero-order valence-electron chi connectivity index (χ0n) is 21.5. The molecule has 2 aliphatic rings. The summed E-state index contributed by atoms with van der Waals surface area (Å²) >= 11 is 0. The Morgan fingerprint density at radius 2 is 1.91 bits per heavy atom. The maximum atomic E-state index is 6.28. The topological polar surface area (TPSA) is 37.6 Å². The van der Waals surface area contributed by atoms with Crippen LogP contribution >= 0.6 is 0 Å². The van der Waals surface area contributed by atoms with E-state index < -0.39 is 0 Å². The molecule has 0 atom stereocenters. The zero-order chi connectivity index (χ0) is 24.3. The summed E-state index contributed by atoms with van der Waals surface area (Å²) in [6.45, 7) is 18.9. The van der Waals surface area contributed by atoms with Crippen molar-refractivity contribution in [2.75, 3.05) is 19.6 Å². The van der Waals surface area contributed by atoms with Gasteiger partial charge in [0.2, 0.25) is 0 Å². The Morgan fingerprint density at radius 3 is 2.62 bits per heavy atom. The molecular weight excluding hydrogens is 420 g/mol. The van der Waals surface area contributed by atoms with Crippen LogP contribution in [0.2, 0.25) is 0 Å². The molecule has 4 heteroatoms. The maximum Gasteiger partial charge on any atom is 0.153 e. The molecule has 2 aromatic rings. The molecule has 1 fully saturated rings. The fraction of sp³-hybridized carbons (Fsp3) is 0.467. The van der Waals surface area contributed by atoms with E-state index in [9.17, 15) is 0 Å². The van der Waals surface area contributed by atoms with Crippen molar-refractivity contribution in [3.8, 4) is 5.75 Å². The zero-order valence-corrected chi connectivity index (χ0v) is 21.5. The van der Waals surface area contributed by atoms with Gasteiger partial charge in [0.25, 0.3) is 0 Å². The number of nitrogens with zero attached hydrogens (tertiary/aromatic N) is 1. The number of hydrogen-bond acceptors (Lipinski definition) is 4. The molecule has 1 N–H and O–H groups in total. The van der Waals surface area contributed by atoms with E-state index in [1.807, 2.05) is 26.0 Å². The van der Waals surface area contributed by atoms with E-state index in [0.717, 1.165) is 66.7 Å². The van der Waals surface area contributed by atoms with Crippen LogP contribution in [0.3, 0.4) is 0 Å². The Hall–Kier alpha value is -2.72. The number of allylic oxidation sites excluding steroid dienone is 2. The molecule has 0 radical (unpaired) electrons. The quantitative estimate of drug-likeness (QED) is 0.468. The molecule has 0 spiro atoms. The molecule has 2 aliphatic heterocycles. The lowest BCUT2D eigenvalue weighted by Gasteiger charge is -2.32. The highest BCUT2D eigenvalue weighted by Gasteiger charge is 2.32. The van der Waals surface area contributed by atoms with Gasteiger partial charge < -0.3 is 14.5 Å². The van der Waals surface area contributed by atoms with Crippen LogP contribution in [0, 0.1) is 12.8 Å². The maximum absolute atomic E-state index is 6.28. The molecule has 0 aliphatic carbocycles. The van der Waals surface area contributed by atoms with Crippen LogP contribution in [-0.2, 0) is 13.0 Å². The van der Waals surface area contributed by atoms with Crippen molar-refractivity contribution in [2.45, 2.75) is 66.0 Å². The van der Waals surface area contributed by atoms with Crippen LogP contribution in [0.15, 0.2) is 41.3 Å². The van der Waals surface area contributed by atoms with Gasteiger partial charge in [0.1, 0.15) is 17.1 Å². The highest BCUT2D eigenvalue weighted by atomic mass is 16.5. The summed E-state index contributed by atoms with van der Waals surface area (Å²) in [4.78, 5) is 2.57. The van der Waals surface area contributed by atoms with Gasteiger partial charge in [-0.05, 0) is 78.1 Å². The molecule has 4 nitrogen and oxygen atoms in total.